The number of carboxylic acid groups (broad SMARTS) is 1. The molecule has 6 heteroatoms. The number of esters is 1. The van der Waals surface area contributed by atoms with E-state index in [2.05, 4.69) is 5.32 Å². The number of carboxylic acids is 1. The summed E-state index contributed by atoms with van der Waals surface area (Å²) in [5.41, 5.74) is 1.57. The Balaban J connectivity index is 3.30. The van der Waals surface area contributed by atoms with Crippen molar-refractivity contribution in [2.24, 2.45) is 0 Å². The maximum Gasteiger partial charge on any atom is 0.341 e. The van der Waals surface area contributed by atoms with Crippen LogP contribution in [0.3, 0.4) is 0 Å². The predicted molar refractivity (Wildman–Crippen MR) is 83.8 cm³/mol. The Labute approximate surface area is 130 Å². The molecule has 1 rings (SSSR count). The summed E-state index contributed by atoms with van der Waals surface area (Å²) >= 11 is 0. The number of anilines is 1. The standard InChI is InChI=1S/C16H23NO5/c1-16(2,3)12-9-10(17-7-6-13(18)19)8-11(14(12)21-4)15(20)22-5/h8-9,17H,6-7H2,1-5H3,(H,18,19). The number of carbonyl (C=O) groups is 2. The van der Waals surface area contributed by atoms with E-state index in [0.717, 1.165) is 5.56 Å². The number of hydrogen-bond acceptors (Lipinski definition) is 5. The van der Waals surface area contributed by atoms with Gasteiger partial charge < -0.3 is 19.9 Å². The van der Waals surface area contributed by atoms with Gasteiger partial charge in [-0.25, -0.2) is 4.79 Å². The number of hydrogen-bond donors (Lipinski definition) is 2. The van der Waals surface area contributed by atoms with Crippen molar-refractivity contribution in [3.63, 3.8) is 0 Å². The minimum atomic E-state index is -0.884. The molecule has 0 saturated carbocycles. The summed E-state index contributed by atoms with van der Waals surface area (Å²) in [6.45, 7) is 6.29. The Morgan fingerprint density at radius 3 is 2.32 bits per heavy atom. The van der Waals surface area contributed by atoms with Gasteiger partial charge in [0.2, 0.25) is 0 Å². The topological polar surface area (TPSA) is 84.9 Å². The summed E-state index contributed by atoms with van der Waals surface area (Å²) in [4.78, 5) is 22.6. The predicted octanol–water partition coefficient (Wildman–Crippen LogP) is 2.67. The van der Waals surface area contributed by atoms with Crippen molar-refractivity contribution < 1.29 is 24.2 Å². The summed E-state index contributed by atoms with van der Waals surface area (Å²) in [5, 5.41) is 11.7. The maximum absolute atomic E-state index is 12.0. The van der Waals surface area contributed by atoms with Gasteiger partial charge in [0.05, 0.1) is 20.6 Å². The highest BCUT2D eigenvalue weighted by Crippen LogP contribution is 2.37. The van der Waals surface area contributed by atoms with Gasteiger partial charge in [0.25, 0.3) is 0 Å². The van der Waals surface area contributed by atoms with Gasteiger partial charge in [-0.15, -0.1) is 0 Å². The van der Waals surface area contributed by atoms with Gasteiger partial charge in [0.15, 0.2) is 0 Å². The molecule has 0 spiro atoms. The Morgan fingerprint density at radius 1 is 1.23 bits per heavy atom. The third kappa shape index (κ3) is 4.38. The fourth-order valence-electron chi connectivity index (χ4n) is 2.08. The molecule has 0 radical (unpaired) electrons. The van der Waals surface area contributed by atoms with Gasteiger partial charge in [-0.1, -0.05) is 20.8 Å². The van der Waals surface area contributed by atoms with Crippen molar-refractivity contribution in [2.75, 3.05) is 26.1 Å². The Morgan fingerprint density at radius 2 is 1.86 bits per heavy atom. The fraction of sp³-hybridized carbons (Fsp3) is 0.500. The number of benzene rings is 1. The highest BCUT2D eigenvalue weighted by atomic mass is 16.5. The first-order valence-corrected chi connectivity index (χ1v) is 6.97. The Kier molecular flexibility index (Phi) is 5.79. The molecular formula is C16H23NO5. The van der Waals surface area contributed by atoms with E-state index in [1.165, 1.54) is 14.2 Å². The zero-order chi connectivity index (χ0) is 16.9. The van der Waals surface area contributed by atoms with Gasteiger partial charge in [0.1, 0.15) is 11.3 Å². The van der Waals surface area contributed by atoms with Crippen molar-refractivity contribution in [1.29, 1.82) is 0 Å². The van der Waals surface area contributed by atoms with Crippen LogP contribution in [-0.2, 0) is 14.9 Å². The molecule has 1 aromatic carbocycles. The second-order valence-corrected chi connectivity index (χ2v) is 5.92. The third-order valence-electron chi connectivity index (χ3n) is 3.17. The van der Waals surface area contributed by atoms with Gasteiger partial charge in [0, 0.05) is 17.8 Å². The average molecular weight is 309 g/mol. The highest BCUT2D eigenvalue weighted by Gasteiger charge is 2.25. The van der Waals surface area contributed by atoms with Gasteiger partial charge in [-0.3, -0.25) is 4.79 Å². The number of carbonyl (C=O) groups excluding carboxylic acids is 1. The third-order valence-corrected chi connectivity index (χ3v) is 3.17. The molecule has 0 bridgehead atoms. The Hall–Kier alpha value is -2.24. The van der Waals surface area contributed by atoms with E-state index in [-0.39, 0.29) is 18.4 Å². The molecular weight excluding hydrogens is 286 g/mol. The molecule has 22 heavy (non-hydrogen) atoms. The van der Waals surface area contributed by atoms with Crippen molar-refractivity contribution in [3.8, 4) is 5.75 Å². The molecule has 0 aromatic heterocycles. The van der Waals surface area contributed by atoms with Crippen LogP contribution in [0.5, 0.6) is 5.75 Å². The van der Waals surface area contributed by atoms with Crippen molar-refractivity contribution in [3.05, 3.63) is 23.3 Å². The van der Waals surface area contributed by atoms with Crippen LogP contribution in [0.25, 0.3) is 0 Å². The lowest BCUT2D eigenvalue weighted by Crippen LogP contribution is -2.17. The first-order chi connectivity index (χ1) is 10.2. The number of methoxy groups -OCH3 is 2. The second-order valence-electron chi connectivity index (χ2n) is 5.92. The van der Waals surface area contributed by atoms with Crippen LogP contribution in [0.1, 0.15) is 43.1 Å². The van der Waals surface area contributed by atoms with E-state index < -0.39 is 11.9 Å². The van der Waals surface area contributed by atoms with Crippen molar-refractivity contribution >= 4 is 17.6 Å². The summed E-state index contributed by atoms with van der Waals surface area (Å²) in [5.74, 6) is -0.905. The van der Waals surface area contributed by atoms with Crippen molar-refractivity contribution in [1.82, 2.24) is 0 Å². The molecule has 0 saturated heterocycles. The maximum atomic E-state index is 12.0. The number of nitrogens with one attached hydrogen (secondary N) is 1. The summed E-state index contributed by atoms with van der Waals surface area (Å²) < 4.78 is 10.2. The molecule has 2 N–H and O–H groups in total. The minimum Gasteiger partial charge on any atom is -0.496 e. The molecule has 0 unspecified atom stereocenters. The van der Waals surface area contributed by atoms with Crippen LogP contribution in [0.2, 0.25) is 0 Å². The molecule has 0 heterocycles. The number of rotatable bonds is 6. The summed E-state index contributed by atoms with van der Waals surface area (Å²) in [6, 6.07) is 3.48. The van der Waals surface area contributed by atoms with E-state index in [1.807, 2.05) is 26.8 Å². The van der Waals surface area contributed by atoms with E-state index in [4.69, 9.17) is 14.6 Å². The highest BCUT2D eigenvalue weighted by molar-refractivity contribution is 5.94. The minimum absolute atomic E-state index is 0.00949. The molecule has 0 aliphatic rings. The molecule has 1 aromatic rings. The van der Waals surface area contributed by atoms with E-state index in [1.54, 1.807) is 6.07 Å². The lowest BCUT2D eigenvalue weighted by atomic mass is 9.84. The molecule has 0 aliphatic heterocycles. The molecule has 0 atom stereocenters. The molecule has 0 amide bonds. The van der Waals surface area contributed by atoms with Crippen molar-refractivity contribution in [2.45, 2.75) is 32.6 Å². The molecule has 0 fully saturated rings. The second kappa shape index (κ2) is 7.15. The smallest absolute Gasteiger partial charge is 0.341 e. The average Bonchev–Trinajstić information content (AvgIpc) is 2.44. The van der Waals surface area contributed by atoms with Crippen LogP contribution in [-0.4, -0.2) is 37.8 Å². The SMILES string of the molecule is COC(=O)c1cc(NCCC(=O)O)cc(C(C)(C)C)c1OC. The first-order valence-electron chi connectivity index (χ1n) is 6.97. The summed E-state index contributed by atoms with van der Waals surface area (Å²) in [6.07, 6.45) is -0.00949. The van der Waals surface area contributed by atoms with Gasteiger partial charge in [-0.05, 0) is 17.5 Å². The quantitative estimate of drug-likeness (QED) is 0.786. The Bertz CT molecular complexity index is 560. The zero-order valence-corrected chi connectivity index (χ0v) is 13.6. The zero-order valence-electron chi connectivity index (χ0n) is 13.6. The van der Waals surface area contributed by atoms with Crippen LogP contribution in [0.15, 0.2) is 12.1 Å². The van der Waals surface area contributed by atoms with Crippen LogP contribution >= 0.6 is 0 Å². The van der Waals surface area contributed by atoms with E-state index in [0.29, 0.717) is 17.0 Å². The molecule has 0 aliphatic carbocycles. The van der Waals surface area contributed by atoms with Gasteiger partial charge in [-0.2, -0.15) is 0 Å². The first kappa shape index (κ1) is 17.8. The monoisotopic (exact) mass is 309 g/mol. The molecule has 122 valence electrons. The normalized spacial score (nSPS) is 11.0. The number of ether oxygens (including phenoxy) is 2. The number of aliphatic carboxylic acids is 1. The van der Waals surface area contributed by atoms with Crippen LogP contribution in [0, 0.1) is 0 Å². The van der Waals surface area contributed by atoms with E-state index >= 15 is 0 Å². The van der Waals surface area contributed by atoms with Gasteiger partial charge >= 0.3 is 11.9 Å². The van der Waals surface area contributed by atoms with E-state index in [9.17, 15) is 9.59 Å². The molecule has 6 nitrogen and oxygen atoms in total. The van der Waals surface area contributed by atoms with Crippen LogP contribution < -0.4 is 10.1 Å². The van der Waals surface area contributed by atoms with Crippen LogP contribution in [0.4, 0.5) is 5.69 Å². The summed E-state index contributed by atoms with van der Waals surface area (Å²) in [7, 11) is 2.82. The largest absolute Gasteiger partial charge is 0.496 e. The fourth-order valence-corrected chi connectivity index (χ4v) is 2.08. The lowest BCUT2D eigenvalue weighted by molar-refractivity contribution is -0.136. The lowest BCUT2D eigenvalue weighted by Gasteiger charge is -2.25.